The molecule has 0 unspecified atom stereocenters. The molecule has 1 aromatic carbocycles. The van der Waals surface area contributed by atoms with Gasteiger partial charge in [-0.2, -0.15) is 0 Å². The van der Waals surface area contributed by atoms with Crippen molar-refractivity contribution in [3.05, 3.63) is 29.8 Å². The SMILES string of the molecule is CCC(CC)N(C)CC(=O)c1cccc(OC)c1. The van der Waals surface area contributed by atoms with Crippen molar-refractivity contribution in [1.29, 1.82) is 0 Å². The number of hydrogen-bond acceptors (Lipinski definition) is 3. The molecule has 0 spiro atoms. The van der Waals surface area contributed by atoms with E-state index >= 15 is 0 Å². The summed E-state index contributed by atoms with van der Waals surface area (Å²) in [5, 5.41) is 0. The molecule has 0 atom stereocenters. The lowest BCUT2D eigenvalue weighted by molar-refractivity contribution is 0.0915. The third-order valence-electron chi connectivity index (χ3n) is 3.35. The zero-order chi connectivity index (χ0) is 13.5. The summed E-state index contributed by atoms with van der Waals surface area (Å²) in [5.74, 6) is 0.870. The molecule has 1 aromatic rings. The Labute approximate surface area is 110 Å². The van der Waals surface area contributed by atoms with Crippen LogP contribution in [0.25, 0.3) is 0 Å². The van der Waals surface area contributed by atoms with Crippen molar-refractivity contribution < 1.29 is 9.53 Å². The number of Topliss-reactive ketones (excluding diaryl/α,β-unsaturated/α-hetero) is 1. The molecule has 0 amide bonds. The van der Waals surface area contributed by atoms with Crippen molar-refractivity contribution in [2.75, 3.05) is 20.7 Å². The number of ether oxygens (including phenoxy) is 1. The van der Waals surface area contributed by atoms with Crippen molar-refractivity contribution in [3.8, 4) is 5.75 Å². The Bertz CT molecular complexity index is 386. The second-order valence-corrected chi connectivity index (χ2v) is 4.54. The lowest BCUT2D eigenvalue weighted by Crippen LogP contribution is -2.35. The maximum atomic E-state index is 12.2. The Morgan fingerprint density at radius 3 is 2.56 bits per heavy atom. The summed E-state index contributed by atoms with van der Waals surface area (Å²) in [4.78, 5) is 14.3. The minimum Gasteiger partial charge on any atom is -0.497 e. The first-order chi connectivity index (χ1) is 8.62. The summed E-state index contributed by atoms with van der Waals surface area (Å²) in [7, 11) is 3.62. The third-order valence-corrected chi connectivity index (χ3v) is 3.35. The maximum Gasteiger partial charge on any atom is 0.176 e. The van der Waals surface area contributed by atoms with Gasteiger partial charge >= 0.3 is 0 Å². The highest BCUT2D eigenvalue weighted by Crippen LogP contribution is 2.14. The number of likely N-dealkylation sites (N-methyl/N-ethyl adjacent to an activating group) is 1. The number of hydrogen-bond donors (Lipinski definition) is 0. The van der Waals surface area contributed by atoms with E-state index in [1.54, 1.807) is 13.2 Å². The number of ketones is 1. The first-order valence-electron chi connectivity index (χ1n) is 6.49. The van der Waals surface area contributed by atoms with Crippen LogP contribution < -0.4 is 4.74 Å². The number of benzene rings is 1. The van der Waals surface area contributed by atoms with Gasteiger partial charge in [-0.25, -0.2) is 0 Å². The monoisotopic (exact) mass is 249 g/mol. The molecule has 0 aliphatic rings. The average molecular weight is 249 g/mol. The van der Waals surface area contributed by atoms with Gasteiger partial charge in [-0.1, -0.05) is 26.0 Å². The molecular formula is C15H23NO2. The van der Waals surface area contributed by atoms with E-state index in [4.69, 9.17) is 4.74 Å². The van der Waals surface area contributed by atoms with Crippen LogP contribution in [-0.2, 0) is 0 Å². The molecule has 100 valence electrons. The Morgan fingerprint density at radius 2 is 2.00 bits per heavy atom. The standard InChI is InChI=1S/C15H23NO2/c1-5-13(6-2)16(3)11-15(17)12-8-7-9-14(10-12)18-4/h7-10,13H,5-6,11H2,1-4H3. The molecule has 0 heterocycles. The van der Waals surface area contributed by atoms with Crippen LogP contribution in [-0.4, -0.2) is 37.4 Å². The normalized spacial score (nSPS) is 11.0. The molecule has 0 N–H and O–H groups in total. The van der Waals surface area contributed by atoms with Gasteiger partial charge in [0.25, 0.3) is 0 Å². The molecule has 0 fully saturated rings. The van der Waals surface area contributed by atoms with Crippen LogP contribution in [0.3, 0.4) is 0 Å². The second-order valence-electron chi connectivity index (χ2n) is 4.54. The van der Waals surface area contributed by atoms with Gasteiger partial charge in [-0.05, 0) is 32.0 Å². The summed E-state index contributed by atoms with van der Waals surface area (Å²) in [5.41, 5.74) is 0.715. The number of carbonyl (C=O) groups excluding carboxylic acids is 1. The zero-order valence-corrected chi connectivity index (χ0v) is 11.8. The molecule has 18 heavy (non-hydrogen) atoms. The van der Waals surface area contributed by atoms with Crippen molar-refractivity contribution >= 4 is 5.78 Å². The van der Waals surface area contributed by atoms with Crippen LogP contribution in [0.5, 0.6) is 5.75 Å². The Balaban J connectivity index is 2.69. The van der Waals surface area contributed by atoms with Crippen molar-refractivity contribution in [1.82, 2.24) is 4.90 Å². The Morgan fingerprint density at radius 1 is 1.33 bits per heavy atom. The molecule has 0 bridgehead atoms. The van der Waals surface area contributed by atoms with Gasteiger partial charge in [0, 0.05) is 11.6 Å². The molecule has 3 heteroatoms. The molecule has 0 saturated carbocycles. The van der Waals surface area contributed by atoms with Gasteiger partial charge in [-0.15, -0.1) is 0 Å². The molecule has 0 aromatic heterocycles. The van der Waals surface area contributed by atoms with Crippen LogP contribution in [0.4, 0.5) is 0 Å². The predicted octanol–water partition coefficient (Wildman–Crippen LogP) is 3.00. The minimum atomic E-state index is 0.142. The number of carbonyl (C=O) groups is 1. The molecular weight excluding hydrogens is 226 g/mol. The predicted molar refractivity (Wildman–Crippen MR) is 74.3 cm³/mol. The van der Waals surface area contributed by atoms with Crippen LogP contribution in [0, 0.1) is 0 Å². The first kappa shape index (κ1) is 14.7. The number of nitrogens with zero attached hydrogens (tertiary/aromatic N) is 1. The lowest BCUT2D eigenvalue weighted by Gasteiger charge is -2.25. The van der Waals surface area contributed by atoms with E-state index in [9.17, 15) is 4.79 Å². The van der Waals surface area contributed by atoms with Crippen LogP contribution in [0.15, 0.2) is 24.3 Å². The zero-order valence-electron chi connectivity index (χ0n) is 11.8. The van der Waals surface area contributed by atoms with Crippen molar-refractivity contribution in [2.45, 2.75) is 32.7 Å². The lowest BCUT2D eigenvalue weighted by atomic mass is 10.1. The summed E-state index contributed by atoms with van der Waals surface area (Å²) in [6.07, 6.45) is 2.14. The Hall–Kier alpha value is -1.35. The fourth-order valence-electron chi connectivity index (χ4n) is 2.16. The minimum absolute atomic E-state index is 0.142. The summed E-state index contributed by atoms with van der Waals surface area (Å²) in [6.45, 7) is 4.76. The van der Waals surface area contributed by atoms with Gasteiger partial charge in [0.15, 0.2) is 5.78 Å². The Kier molecular flexibility index (Phi) is 5.86. The smallest absolute Gasteiger partial charge is 0.176 e. The molecule has 3 nitrogen and oxygen atoms in total. The van der Waals surface area contributed by atoms with Crippen molar-refractivity contribution in [2.24, 2.45) is 0 Å². The van der Waals surface area contributed by atoms with E-state index in [1.807, 2.05) is 25.2 Å². The highest BCUT2D eigenvalue weighted by molar-refractivity contribution is 5.97. The van der Waals surface area contributed by atoms with Gasteiger partial charge < -0.3 is 4.74 Å². The first-order valence-corrected chi connectivity index (χ1v) is 6.49. The summed E-state index contributed by atoms with van der Waals surface area (Å²) in [6, 6.07) is 7.80. The maximum absolute atomic E-state index is 12.2. The third kappa shape index (κ3) is 3.84. The van der Waals surface area contributed by atoms with E-state index < -0.39 is 0 Å². The topological polar surface area (TPSA) is 29.5 Å². The van der Waals surface area contributed by atoms with Gasteiger partial charge in [-0.3, -0.25) is 9.69 Å². The quantitative estimate of drug-likeness (QED) is 0.696. The molecule has 0 aliphatic heterocycles. The van der Waals surface area contributed by atoms with E-state index in [-0.39, 0.29) is 5.78 Å². The van der Waals surface area contributed by atoms with E-state index in [2.05, 4.69) is 18.7 Å². The van der Waals surface area contributed by atoms with E-state index in [0.717, 1.165) is 18.6 Å². The van der Waals surface area contributed by atoms with Crippen molar-refractivity contribution in [3.63, 3.8) is 0 Å². The largest absolute Gasteiger partial charge is 0.497 e. The van der Waals surface area contributed by atoms with Crippen LogP contribution in [0.1, 0.15) is 37.0 Å². The average Bonchev–Trinajstić information content (AvgIpc) is 2.40. The van der Waals surface area contributed by atoms with E-state index in [0.29, 0.717) is 18.2 Å². The van der Waals surface area contributed by atoms with Crippen LogP contribution >= 0.6 is 0 Å². The number of rotatable bonds is 7. The molecule has 1 rings (SSSR count). The summed E-state index contributed by atoms with van der Waals surface area (Å²) < 4.78 is 5.13. The highest BCUT2D eigenvalue weighted by Gasteiger charge is 2.15. The molecule has 0 saturated heterocycles. The summed E-state index contributed by atoms with van der Waals surface area (Å²) >= 11 is 0. The number of methoxy groups -OCH3 is 1. The molecule has 0 aliphatic carbocycles. The van der Waals surface area contributed by atoms with Gasteiger partial charge in [0.05, 0.1) is 13.7 Å². The van der Waals surface area contributed by atoms with E-state index in [1.165, 1.54) is 0 Å². The highest BCUT2D eigenvalue weighted by atomic mass is 16.5. The van der Waals surface area contributed by atoms with Crippen LogP contribution in [0.2, 0.25) is 0 Å². The fraction of sp³-hybridized carbons (Fsp3) is 0.533. The van der Waals surface area contributed by atoms with Gasteiger partial charge in [0.2, 0.25) is 0 Å². The fourth-order valence-corrected chi connectivity index (χ4v) is 2.16. The van der Waals surface area contributed by atoms with Gasteiger partial charge in [0.1, 0.15) is 5.75 Å². The molecule has 0 radical (unpaired) electrons. The second kappa shape index (κ2) is 7.17.